The highest BCUT2D eigenvalue weighted by atomic mass is 19.4. The first-order valence-corrected chi connectivity index (χ1v) is 13.8. The van der Waals surface area contributed by atoms with Crippen molar-refractivity contribution in [2.45, 2.75) is 106 Å². The Morgan fingerprint density at radius 1 is 0.788 bits per heavy atom. The smallest absolute Gasteiger partial charge is 0.391 e. The summed E-state index contributed by atoms with van der Waals surface area (Å²) in [6.07, 6.45) is 4.43. The first kappa shape index (κ1) is 28.9. The number of hydrogen-bond acceptors (Lipinski definition) is 2. The number of halogens is 3. The van der Waals surface area contributed by atoms with E-state index in [2.05, 4.69) is 13.8 Å². The van der Waals surface area contributed by atoms with Crippen LogP contribution in [0, 0.1) is 58.2 Å². The molecular formula is C28H51F3O2. The van der Waals surface area contributed by atoms with Gasteiger partial charge in [0, 0.05) is 13.7 Å². The molecule has 5 aliphatic carbocycles. The van der Waals surface area contributed by atoms with Crippen LogP contribution in [0.3, 0.4) is 0 Å². The number of hydrogen-bond donors (Lipinski definition) is 2. The highest BCUT2D eigenvalue weighted by Gasteiger charge is 2.70. The van der Waals surface area contributed by atoms with Crippen LogP contribution in [0.5, 0.6) is 0 Å². The number of rotatable bonds is 2. The fourth-order valence-electron chi connectivity index (χ4n) is 9.36. The third kappa shape index (κ3) is 4.88. The zero-order chi connectivity index (χ0) is 25.2. The summed E-state index contributed by atoms with van der Waals surface area (Å²) in [6, 6.07) is 0. The summed E-state index contributed by atoms with van der Waals surface area (Å²) < 4.78 is 40.0. The van der Waals surface area contributed by atoms with E-state index in [1.165, 1.54) is 19.3 Å². The molecule has 196 valence electrons. The van der Waals surface area contributed by atoms with Gasteiger partial charge in [-0.1, -0.05) is 41.5 Å². The minimum atomic E-state index is -4.01. The molecule has 10 atom stereocenters. The van der Waals surface area contributed by atoms with Crippen LogP contribution in [0.15, 0.2) is 0 Å². The van der Waals surface area contributed by atoms with E-state index < -0.39 is 12.1 Å². The highest BCUT2D eigenvalue weighted by molar-refractivity contribution is 5.18. The quantitative estimate of drug-likeness (QED) is 0.428. The average Bonchev–Trinajstić information content (AvgIpc) is 3.54. The van der Waals surface area contributed by atoms with Crippen molar-refractivity contribution in [3.05, 3.63) is 0 Å². The molecule has 0 amide bonds. The fraction of sp³-hybridized carbons (Fsp3) is 1.00. The van der Waals surface area contributed by atoms with Crippen LogP contribution in [0.4, 0.5) is 13.2 Å². The van der Waals surface area contributed by atoms with Gasteiger partial charge in [-0.3, -0.25) is 0 Å². The summed E-state index contributed by atoms with van der Waals surface area (Å²) in [5.74, 6) is 3.72. The lowest BCUT2D eigenvalue weighted by molar-refractivity contribution is -0.208. The molecule has 0 spiro atoms. The maximum atomic E-state index is 13.3. The SMILES string of the molecule is CC.CC.CC12CCC(C(F)(F)F)CC1CCC1C2CCC2(C)C(CCO)[C@H]3C[C@H]3C12.CO. The fourth-order valence-corrected chi connectivity index (χ4v) is 9.36. The van der Waals surface area contributed by atoms with Gasteiger partial charge < -0.3 is 10.2 Å². The van der Waals surface area contributed by atoms with Crippen LogP contribution in [0.25, 0.3) is 0 Å². The van der Waals surface area contributed by atoms with Crippen molar-refractivity contribution in [1.82, 2.24) is 0 Å². The third-order valence-corrected chi connectivity index (χ3v) is 10.6. The van der Waals surface area contributed by atoms with E-state index >= 15 is 0 Å². The van der Waals surface area contributed by atoms with Gasteiger partial charge in [0.1, 0.15) is 0 Å². The average molecular weight is 477 g/mol. The Morgan fingerprint density at radius 2 is 1.39 bits per heavy atom. The lowest BCUT2D eigenvalue weighted by Crippen LogP contribution is -2.55. The number of alkyl halides is 3. The van der Waals surface area contributed by atoms with E-state index in [1.54, 1.807) is 0 Å². The van der Waals surface area contributed by atoms with Crippen LogP contribution in [-0.4, -0.2) is 30.1 Å². The van der Waals surface area contributed by atoms with Gasteiger partial charge in [0.15, 0.2) is 0 Å². The summed E-state index contributed by atoms with van der Waals surface area (Å²) in [7, 11) is 1.00. The Bertz CT molecular complexity index is 608. The molecule has 0 saturated heterocycles. The minimum Gasteiger partial charge on any atom is -0.400 e. The second kappa shape index (κ2) is 11.2. The maximum Gasteiger partial charge on any atom is 0.391 e. The number of aliphatic hydroxyl groups is 2. The molecule has 8 unspecified atom stereocenters. The highest BCUT2D eigenvalue weighted by Crippen LogP contribution is 2.76. The van der Waals surface area contributed by atoms with E-state index in [1.807, 2.05) is 27.7 Å². The van der Waals surface area contributed by atoms with Gasteiger partial charge in [0.05, 0.1) is 5.92 Å². The van der Waals surface area contributed by atoms with Crippen LogP contribution < -0.4 is 0 Å². The molecule has 5 heteroatoms. The summed E-state index contributed by atoms with van der Waals surface area (Å²) in [5, 5.41) is 16.6. The van der Waals surface area contributed by atoms with E-state index in [0.717, 1.165) is 56.5 Å². The Labute approximate surface area is 201 Å². The largest absolute Gasteiger partial charge is 0.400 e. The van der Waals surface area contributed by atoms with Crippen molar-refractivity contribution in [3.63, 3.8) is 0 Å². The van der Waals surface area contributed by atoms with Crippen molar-refractivity contribution >= 4 is 0 Å². The minimum absolute atomic E-state index is 0.130. The first-order valence-electron chi connectivity index (χ1n) is 13.8. The van der Waals surface area contributed by atoms with Crippen molar-refractivity contribution < 1.29 is 23.4 Å². The molecule has 2 N–H and O–H groups in total. The zero-order valence-corrected chi connectivity index (χ0v) is 22.2. The van der Waals surface area contributed by atoms with E-state index in [9.17, 15) is 18.3 Å². The Kier molecular flexibility index (Phi) is 9.81. The predicted molar refractivity (Wildman–Crippen MR) is 130 cm³/mol. The van der Waals surface area contributed by atoms with Crippen molar-refractivity contribution in [3.8, 4) is 0 Å². The molecule has 0 radical (unpaired) electrons. The molecule has 0 aromatic carbocycles. The molecule has 5 fully saturated rings. The third-order valence-electron chi connectivity index (χ3n) is 10.6. The van der Waals surface area contributed by atoms with Crippen molar-refractivity contribution in [2.75, 3.05) is 13.7 Å². The molecule has 0 aromatic heterocycles. The van der Waals surface area contributed by atoms with Gasteiger partial charge in [-0.2, -0.15) is 13.2 Å². The van der Waals surface area contributed by atoms with Crippen molar-refractivity contribution in [2.24, 2.45) is 58.2 Å². The van der Waals surface area contributed by atoms with Gasteiger partial charge in [-0.15, -0.1) is 0 Å². The van der Waals surface area contributed by atoms with Crippen LogP contribution >= 0.6 is 0 Å². The van der Waals surface area contributed by atoms with E-state index in [0.29, 0.717) is 36.7 Å². The number of fused-ring (bicyclic) bond motifs is 7. The maximum absolute atomic E-state index is 13.3. The van der Waals surface area contributed by atoms with Gasteiger partial charge >= 0.3 is 6.18 Å². The van der Waals surface area contributed by atoms with Crippen molar-refractivity contribution in [1.29, 1.82) is 0 Å². The molecule has 5 rings (SSSR count). The van der Waals surface area contributed by atoms with Gasteiger partial charge in [-0.25, -0.2) is 0 Å². The lowest BCUT2D eigenvalue weighted by Gasteiger charge is -2.62. The van der Waals surface area contributed by atoms with Gasteiger partial charge in [-0.05, 0) is 110 Å². The molecule has 33 heavy (non-hydrogen) atoms. The first-order chi connectivity index (χ1) is 15.7. The Morgan fingerprint density at radius 3 is 1.97 bits per heavy atom. The molecule has 5 aliphatic rings. The Hall–Kier alpha value is -0.290. The number of aliphatic hydroxyl groups excluding tert-OH is 2. The topological polar surface area (TPSA) is 40.5 Å². The molecule has 5 saturated carbocycles. The molecule has 2 nitrogen and oxygen atoms in total. The monoisotopic (exact) mass is 476 g/mol. The second-order valence-electron chi connectivity index (χ2n) is 11.3. The summed E-state index contributed by atoms with van der Waals surface area (Å²) in [6.45, 7) is 13.2. The molecule has 0 aliphatic heterocycles. The normalized spacial score (nSPS) is 46.9. The van der Waals surface area contributed by atoms with Crippen LogP contribution in [0.1, 0.15) is 99.3 Å². The van der Waals surface area contributed by atoms with Crippen LogP contribution in [0.2, 0.25) is 0 Å². The van der Waals surface area contributed by atoms with Crippen LogP contribution in [-0.2, 0) is 0 Å². The van der Waals surface area contributed by atoms with Gasteiger partial charge in [0.2, 0.25) is 0 Å². The van der Waals surface area contributed by atoms with E-state index in [-0.39, 0.29) is 11.3 Å². The molecule has 0 bridgehead atoms. The predicted octanol–water partition coefficient (Wildman–Crippen LogP) is 7.72. The molecule has 0 heterocycles. The Balaban J connectivity index is 0.000000597. The lowest BCUT2D eigenvalue weighted by atomic mass is 9.43. The summed E-state index contributed by atoms with van der Waals surface area (Å²) in [4.78, 5) is 0. The summed E-state index contributed by atoms with van der Waals surface area (Å²) in [5.41, 5.74) is 0.509. The molecule has 0 aromatic rings. The standard InChI is InChI=1S/C23H35F3O.2C2H6.CH4O/c1-21-8-5-14(23(24,25)26)11-13(21)3-4-15-18(21)6-9-22(2)19(7-10-27)16-12-17(16)20(15)22;3*1-2/h13-20,27H,3-12H2,1-2H3;2*1-2H3;2H,1H3/t13?,14?,15?,16-,17+,18?,19?,20?,21?,22?;;;/m0.../s1. The van der Waals surface area contributed by atoms with Gasteiger partial charge in [0.25, 0.3) is 0 Å². The van der Waals surface area contributed by atoms with E-state index in [4.69, 9.17) is 5.11 Å². The second-order valence-corrected chi connectivity index (χ2v) is 11.3. The zero-order valence-electron chi connectivity index (χ0n) is 22.2. The summed E-state index contributed by atoms with van der Waals surface area (Å²) >= 11 is 0. The molecular weight excluding hydrogens is 425 g/mol.